The van der Waals surface area contributed by atoms with Crippen molar-refractivity contribution in [1.29, 1.82) is 0 Å². The molecule has 1 aromatic heterocycles. The average Bonchev–Trinajstić information content (AvgIpc) is 2.74. The van der Waals surface area contributed by atoms with E-state index in [0.29, 0.717) is 43.2 Å². The van der Waals surface area contributed by atoms with E-state index < -0.39 is 0 Å². The first kappa shape index (κ1) is 19.2. The number of rotatable bonds is 7. The van der Waals surface area contributed by atoms with Crippen molar-refractivity contribution in [2.24, 2.45) is 5.73 Å². The summed E-state index contributed by atoms with van der Waals surface area (Å²) in [5, 5.41) is 0. The fourth-order valence-electron chi connectivity index (χ4n) is 3.46. The summed E-state index contributed by atoms with van der Waals surface area (Å²) in [6.07, 6.45) is 5.48. The molecular weight excluding hydrogens is 342 g/mol. The lowest BCUT2D eigenvalue weighted by molar-refractivity contribution is 0.0601. The molecule has 0 spiro atoms. The van der Waals surface area contributed by atoms with Gasteiger partial charge < -0.3 is 20.1 Å². The molecule has 1 atom stereocenters. The molecule has 2 aromatic rings. The zero-order valence-electron chi connectivity index (χ0n) is 15.8. The minimum atomic E-state index is -0.0491. The lowest BCUT2D eigenvalue weighted by atomic mass is 9.97. The molecule has 0 bridgehead atoms. The Morgan fingerprint density at radius 3 is 2.89 bits per heavy atom. The number of carbonyl (C=O) groups excluding carboxylic acids is 1. The summed E-state index contributed by atoms with van der Waals surface area (Å²) in [7, 11) is 1.58. The van der Waals surface area contributed by atoms with E-state index in [0.717, 1.165) is 25.0 Å². The van der Waals surface area contributed by atoms with Crippen molar-refractivity contribution >= 4 is 5.91 Å². The van der Waals surface area contributed by atoms with Crippen LogP contribution in [-0.4, -0.2) is 42.6 Å². The van der Waals surface area contributed by atoms with Gasteiger partial charge in [0.05, 0.1) is 31.0 Å². The number of piperidine rings is 1. The zero-order valence-corrected chi connectivity index (χ0v) is 15.8. The number of para-hydroxylation sites is 1. The second-order valence-electron chi connectivity index (χ2n) is 6.59. The second kappa shape index (κ2) is 9.37. The van der Waals surface area contributed by atoms with E-state index in [1.54, 1.807) is 25.4 Å². The first-order chi connectivity index (χ1) is 13.3. The molecule has 2 heterocycles. The lowest BCUT2D eigenvalue weighted by Gasteiger charge is -2.35. The third kappa shape index (κ3) is 4.39. The fraction of sp³-hybridized carbons (Fsp3) is 0.429. The molecular formula is C21H27N3O3. The van der Waals surface area contributed by atoms with E-state index in [2.05, 4.69) is 4.98 Å². The van der Waals surface area contributed by atoms with Crippen molar-refractivity contribution in [2.75, 3.05) is 26.8 Å². The quantitative estimate of drug-likeness (QED) is 0.759. The fourth-order valence-corrected chi connectivity index (χ4v) is 3.46. The zero-order chi connectivity index (χ0) is 19.1. The van der Waals surface area contributed by atoms with Crippen molar-refractivity contribution in [3.63, 3.8) is 0 Å². The number of benzene rings is 1. The minimum Gasteiger partial charge on any atom is -0.493 e. The number of hydrogen-bond donors (Lipinski definition) is 1. The topological polar surface area (TPSA) is 77.7 Å². The van der Waals surface area contributed by atoms with E-state index >= 15 is 0 Å². The van der Waals surface area contributed by atoms with Crippen LogP contribution in [0.5, 0.6) is 11.5 Å². The van der Waals surface area contributed by atoms with Gasteiger partial charge in [0.2, 0.25) is 0 Å². The summed E-state index contributed by atoms with van der Waals surface area (Å²) in [6.45, 7) is 1.69. The standard InChI is InChI=1S/C21H27N3O3/c1-26-19-11-6-8-16(20(19)27-15-7-12-22)21(25)24-14-5-3-10-18(24)17-9-2-4-13-23-17/h2,4,6,8-9,11,13,18H,3,5,7,10,12,14-15,22H2,1H3. The molecule has 1 amide bonds. The molecule has 2 N–H and O–H groups in total. The Morgan fingerprint density at radius 2 is 2.15 bits per heavy atom. The van der Waals surface area contributed by atoms with Crippen LogP contribution in [0.25, 0.3) is 0 Å². The molecule has 1 unspecified atom stereocenters. The van der Waals surface area contributed by atoms with Crippen LogP contribution in [0, 0.1) is 0 Å². The highest BCUT2D eigenvalue weighted by atomic mass is 16.5. The van der Waals surface area contributed by atoms with Crippen LogP contribution in [0.3, 0.4) is 0 Å². The predicted octanol–water partition coefficient (Wildman–Crippen LogP) is 3.19. The largest absolute Gasteiger partial charge is 0.493 e. The number of amides is 1. The Kier molecular flexibility index (Phi) is 6.65. The van der Waals surface area contributed by atoms with Crippen LogP contribution in [0.4, 0.5) is 0 Å². The van der Waals surface area contributed by atoms with Gasteiger partial charge in [0.25, 0.3) is 5.91 Å². The lowest BCUT2D eigenvalue weighted by Crippen LogP contribution is -2.39. The molecule has 1 aliphatic heterocycles. The van der Waals surface area contributed by atoms with Crippen molar-refractivity contribution in [3.8, 4) is 11.5 Å². The molecule has 144 valence electrons. The molecule has 6 nitrogen and oxygen atoms in total. The number of aromatic nitrogens is 1. The third-order valence-electron chi connectivity index (χ3n) is 4.82. The molecule has 27 heavy (non-hydrogen) atoms. The number of nitrogens with zero attached hydrogens (tertiary/aromatic N) is 2. The van der Waals surface area contributed by atoms with Gasteiger partial charge in [-0.3, -0.25) is 9.78 Å². The van der Waals surface area contributed by atoms with Gasteiger partial charge in [0.15, 0.2) is 11.5 Å². The maximum Gasteiger partial charge on any atom is 0.258 e. The molecule has 3 rings (SSSR count). The van der Waals surface area contributed by atoms with Crippen LogP contribution in [0.15, 0.2) is 42.6 Å². The van der Waals surface area contributed by atoms with Crippen LogP contribution in [-0.2, 0) is 0 Å². The molecule has 1 saturated heterocycles. The number of hydrogen-bond acceptors (Lipinski definition) is 5. The first-order valence-corrected chi connectivity index (χ1v) is 9.48. The highest BCUT2D eigenvalue weighted by Gasteiger charge is 2.31. The highest BCUT2D eigenvalue weighted by molar-refractivity contribution is 5.98. The van der Waals surface area contributed by atoms with Gasteiger partial charge in [-0.15, -0.1) is 0 Å². The van der Waals surface area contributed by atoms with Gasteiger partial charge in [0, 0.05) is 12.7 Å². The van der Waals surface area contributed by atoms with Crippen LogP contribution in [0.1, 0.15) is 47.8 Å². The van der Waals surface area contributed by atoms with Crippen molar-refractivity contribution in [2.45, 2.75) is 31.7 Å². The van der Waals surface area contributed by atoms with Crippen LogP contribution >= 0.6 is 0 Å². The van der Waals surface area contributed by atoms with Gasteiger partial charge in [-0.25, -0.2) is 0 Å². The minimum absolute atomic E-state index is 0.0180. The summed E-state index contributed by atoms with van der Waals surface area (Å²) in [5.74, 6) is 1.00. The van der Waals surface area contributed by atoms with Gasteiger partial charge in [-0.1, -0.05) is 12.1 Å². The summed E-state index contributed by atoms with van der Waals surface area (Å²) < 4.78 is 11.3. The highest BCUT2D eigenvalue weighted by Crippen LogP contribution is 2.36. The van der Waals surface area contributed by atoms with Gasteiger partial charge in [-0.05, 0) is 56.5 Å². The van der Waals surface area contributed by atoms with E-state index in [4.69, 9.17) is 15.2 Å². The Morgan fingerprint density at radius 1 is 1.26 bits per heavy atom. The molecule has 1 fully saturated rings. The van der Waals surface area contributed by atoms with E-state index in [-0.39, 0.29) is 11.9 Å². The second-order valence-corrected chi connectivity index (χ2v) is 6.59. The van der Waals surface area contributed by atoms with Crippen LogP contribution < -0.4 is 15.2 Å². The Balaban J connectivity index is 1.91. The van der Waals surface area contributed by atoms with E-state index in [1.807, 2.05) is 29.2 Å². The number of likely N-dealkylation sites (tertiary alicyclic amines) is 1. The molecule has 6 heteroatoms. The molecule has 1 aliphatic rings. The van der Waals surface area contributed by atoms with Crippen molar-refractivity contribution in [3.05, 3.63) is 53.9 Å². The normalized spacial score (nSPS) is 16.8. The molecule has 0 radical (unpaired) electrons. The number of methoxy groups -OCH3 is 1. The van der Waals surface area contributed by atoms with Gasteiger partial charge in [-0.2, -0.15) is 0 Å². The number of ether oxygens (including phenoxy) is 2. The molecule has 1 aromatic carbocycles. The van der Waals surface area contributed by atoms with Crippen LogP contribution in [0.2, 0.25) is 0 Å². The van der Waals surface area contributed by atoms with Gasteiger partial charge >= 0.3 is 0 Å². The van der Waals surface area contributed by atoms with Crippen molar-refractivity contribution < 1.29 is 14.3 Å². The molecule has 0 saturated carbocycles. The van der Waals surface area contributed by atoms with Gasteiger partial charge in [0.1, 0.15) is 0 Å². The number of nitrogens with two attached hydrogens (primary N) is 1. The maximum atomic E-state index is 13.4. The number of carbonyl (C=O) groups is 1. The van der Waals surface area contributed by atoms with E-state index in [9.17, 15) is 4.79 Å². The predicted molar refractivity (Wildman–Crippen MR) is 104 cm³/mol. The Bertz CT molecular complexity index is 752. The Labute approximate surface area is 160 Å². The summed E-state index contributed by atoms with van der Waals surface area (Å²) in [4.78, 5) is 19.8. The summed E-state index contributed by atoms with van der Waals surface area (Å²) in [5.41, 5.74) is 7.02. The summed E-state index contributed by atoms with van der Waals surface area (Å²) in [6, 6.07) is 11.3. The van der Waals surface area contributed by atoms with E-state index in [1.165, 1.54) is 0 Å². The Hall–Kier alpha value is -2.60. The third-order valence-corrected chi connectivity index (χ3v) is 4.82. The molecule has 0 aliphatic carbocycles. The SMILES string of the molecule is COc1cccc(C(=O)N2CCCCC2c2ccccn2)c1OCCCN. The maximum absolute atomic E-state index is 13.4. The average molecular weight is 369 g/mol. The van der Waals surface area contributed by atoms with Crippen molar-refractivity contribution in [1.82, 2.24) is 9.88 Å². The monoisotopic (exact) mass is 369 g/mol. The summed E-state index contributed by atoms with van der Waals surface area (Å²) >= 11 is 0. The first-order valence-electron chi connectivity index (χ1n) is 9.48. The number of pyridine rings is 1. The smallest absolute Gasteiger partial charge is 0.258 e.